The summed E-state index contributed by atoms with van der Waals surface area (Å²) < 4.78 is 23.1. The van der Waals surface area contributed by atoms with Gasteiger partial charge in [-0.25, -0.2) is 8.42 Å². The molecule has 0 atom stereocenters. The second-order valence-corrected chi connectivity index (χ2v) is 7.11. The Balaban J connectivity index is 3.29. The Hall–Kier alpha value is -0.830. The summed E-state index contributed by atoms with van der Waals surface area (Å²) in [6, 6.07) is 7.68. The Morgan fingerprint density at radius 2 is 1.87 bits per heavy atom. The number of hydrogen-bond donors (Lipinski definition) is 0. The van der Waals surface area contributed by atoms with Gasteiger partial charge in [-0.3, -0.25) is 0 Å². The van der Waals surface area contributed by atoms with E-state index in [1.54, 1.807) is 20.8 Å². The standard InChI is InChI=1S/C12H18O2S/c1-5-15(13,14)12(3,4)11-8-6-7-10(2)9-11/h6-9H,5H2,1-4H3. The molecule has 0 amide bonds. The molecular weight excluding hydrogens is 208 g/mol. The van der Waals surface area contributed by atoms with Gasteiger partial charge in [0.15, 0.2) is 9.84 Å². The van der Waals surface area contributed by atoms with E-state index in [-0.39, 0.29) is 5.75 Å². The van der Waals surface area contributed by atoms with E-state index in [2.05, 4.69) is 0 Å². The van der Waals surface area contributed by atoms with E-state index in [9.17, 15) is 8.42 Å². The van der Waals surface area contributed by atoms with Crippen LogP contribution < -0.4 is 0 Å². The van der Waals surface area contributed by atoms with Crippen LogP contribution in [0.25, 0.3) is 0 Å². The zero-order chi connectivity index (χ0) is 11.7. The predicted octanol–water partition coefficient (Wildman–Crippen LogP) is 2.66. The molecule has 0 heterocycles. The molecule has 0 N–H and O–H groups in total. The highest BCUT2D eigenvalue weighted by Gasteiger charge is 2.34. The van der Waals surface area contributed by atoms with Crippen LogP contribution in [-0.2, 0) is 14.6 Å². The number of hydrogen-bond acceptors (Lipinski definition) is 2. The first kappa shape index (κ1) is 12.2. The summed E-state index contributed by atoms with van der Waals surface area (Å²) in [6.07, 6.45) is 0. The fraction of sp³-hybridized carbons (Fsp3) is 0.500. The molecule has 0 saturated carbocycles. The molecule has 15 heavy (non-hydrogen) atoms. The lowest BCUT2D eigenvalue weighted by Crippen LogP contribution is -2.30. The minimum absolute atomic E-state index is 0.175. The Morgan fingerprint density at radius 1 is 1.27 bits per heavy atom. The Kier molecular flexibility index (Phi) is 3.24. The summed E-state index contributed by atoms with van der Waals surface area (Å²) in [7, 11) is -3.07. The highest BCUT2D eigenvalue weighted by atomic mass is 32.2. The van der Waals surface area contributed by atoms with Crippen molar-refractivity contribution in [3.63, 3.8) is 0 Å². The van der Waals surface area contributed by atoms with Crippen molar-refractivity contribution in [1.29, 1.82) is 0 Å². The molecule has 0 aliphatic carbocycles. The molecule has 1 rings (SSSR count). The molecule has 0 fully saturated rings. The summed E-state index contributed by atoms with van der Waals surface area (Å²) in [4.78, 5) is 0. The maximum atomic E-state index is 11.9. The number of benzene rings is 1. The second kappa shape index (κ2) is 3.97. The zero-order valence-electron chi connectivity index (χ0n) is 9.74. The summed E-state index contributed by atoms with van der Waals surface area (Å²) in [5.41, 5.74) is 1.95. The Labute approximate surface area is 92.2 Å². The lowest BCUT2D eigenvalue weighted by Gasteiger charge is -2.25. The van der Waals surface area contributed by atoms with Crippen LogP contribution in [0.2, 0.25) is 0 Å². The largest absolute Gasteiger partial charge is 0.228 e. The first-order chi connectivity index (χ1) is 6.81. The van der Waals surface area contributed by atoms with Crippen molar-refractivity contribution >= 4 is 9.84 Å². The summed E-state index contributed by atoms with van der Waals surface area (Å²) in [5, 5.41) is 0. The average Bonchev–Trinajstić information content (AvgIpc) is 2.17. The van der Waals surface area contributed by atoms with Crippen molar-refractivity contribution in [2.45, 2.75) is 32.4 Å². The highest BCUT2D eigenvalue weighted by molar-refractivity contribution is 7.92. The molecule has 0 bridgehead atoms. The molecule has 2 nitrogen and oxygen atoms in total. The van der Waals surface area contributed by atoms with Gasteiger partial charge < -0.3 is 0 Å². The lowest BCUT2D eigenvalue weighted by molar-refractivity contribution is 0.556. The Bertz CT molecular complexity index is 444. The third-order valence-electron chi connectivity index (χ3n) is 2.87. The zero-order valence-corrected chi connectivity index (χ0v) is 10.6. The van der Waals surface area contributed by atoms with Crippen LogP contribution in [0.15, 0.2) is 24.3 Å². The lowest BCUT2D eigenvalue weighted by atomic mass is 10.0. The van der Waals surface area contributed by atoms with E-state index in [0.717, 1.165) is 11.1 Å². The van der Waals surface area contributed by atoms with Gasteiger partial charge in [0.05, 0.1) is 4.75 Å². The van der Waals surface area contributed by atoms with E-state index < -0.39 is 14.6 Å². The first-order valence-corrected chi connectivity index (χ1v) is 6.76. The predicted molar refractivity (Wildman–Crippen MR) is 63.7 cm³/mol. The summed E-state index contributed by atoms with van der Waals surface area (Å²) in [5.74, 6) is 0.175. The third-order valence-corrected chi connectivity index (χ3v) is 5.42. The van der Waals surface area contributed by atoms with Gasteiger partial charge >= 0.3 is 0 Å². The maximum Gasteiger partial charge on any atom is 0.159 e. The normalized spacial score (nSPS) is 12.8. The van der Waals surface area contributed by atoms with Gasteiger partial charge in [-0.15, -0.1) is 0 Å². The van der Waals surface area contributed by atoms with Gasteiger partial charge in [0.25, 0.3) is 0 Å². The van der Waals surface area contributed by atoms with Crippen molar-refractivity contribution in [3.05, 3.63) is 35.4 Å². The van der Waals surface area contributed by atoms with Crippen molar-refractivity contribution in [2.24, 2.45) is 0 Å². The van der Waals surface area contributed by atoms with E-state index in [1.165, 1.54) is 0 Å². The van der Waals surface area contributed by atoms with Crippen molar-refractivity contribution in [1.82, 2.24) is 0 Å². The fourth-order valence-electron chi connectivity index (χ4n) is 1.56. The smallest absolute Gasteiger partial charge is 0.159 e. The number of aryl methyl sites for hydroxylation is 1. The second-order valence-electron chi connectivity index (χ2n) is 4.28. The topological polar surface area (TPSA) is 34.1 Å². The van der Waals surface area contributed by atoms with Crippen molar-refractivity contribution < 1.29 is 8.42 Å². The molecule has 0 aromatic heterocycles. The monoisotopic (exact) mass is 226 g/mol. The van der Waals surface area contributed by atoms with Crippen LogP contribution >= 0.6 is 0 Å². The van der Waals surface area contributed by atoms with E-state index in [0.29, 0.717) is 0 Å². The minimum atomic E-state index is -3.07. The van der Waals surface area contributed by atoms with Crippen molar-refractivity contribution in [2.75, 3.05) is 5.75 Å². The van der Waals surface area contributed by atoms with Crippen LogP contribution in [0.4, 0.5) is 0 Å². The number of rotatable bonds is 3. The van der Waals surface area contributed by atoms with Gasteiger partial charge in [-0.1, -0.05) is 36.8 Å². The van der Waals surface area contributed by atoms with Gasteiger partial charge in [-0.05, 0) is 26.3 Å². The molecule has 1 aromatic rings. The van der Waals surface area contributed by atoms with Crippen LogP contribution in [0.5, 0.6) is 0 Å². The molecule has 84 valence electrons. The quantitative estimate of drug-likeness (QED) is 0.794. The first-order valence-electron chi connectivity index (χ1n) is 5.10. The molecular formula is C12H18O2S. The van der Waals surface area contributed by atoms with Crippen LogP contribution in [0.1, 0.15) is 31.9 Å². The van der Waals surface area contributed by atoms with Gasteiger partial charge in [0, 0.05) is 5.75 Å². The van der Waals surface area contributed by atoms with E-state index >= 15 is 0 Å². The molecule has 0 saturated heterocycles. The maximum absolute atomic E-state index is 11.9. The SMILES string of the molecule is CCS(=O)(=O)C(C)(C)c1cccc(C)c1. The highest BCUT2D eigenvalue weighted by Crippen LogP contribution is 2.30. The molecule has 0 aliphatic heterocycles. The van der Waals surface area contributed by atoms with E-state index in [1.807, 2.05) is 31.2 Å². The van der Waals surface area contributed by atoms with Gasteiger partial charge in [-0.2, -0.15) is 0 Å². The molecule has 3 heteroatoms. The van der Waals surface area contributed by atoms with Crippen LogP contribution in [-0.4, -0.2) is 14.2 Å². The molecule has 0 unspecified atom stereocenters. The third kappa shape index (κ3) is 2.23. The Morgan fingerprint density at radius 3 is 2.33 bits per heavy atom. The van der Waals surface area contributed by atoms with Crippen molar-refractivity contribution in [3.8, 4) is 0 Å². The minimum Gasteiger partial charge on any atom is -0.228 e. The van der Waals surface area contributed by atoms with Gasteiger partial charge in [0.2, 0.25) is 0 Å². The summed E-state index contributed by atoms with van der Waals surface area (Å²) in [6.45, 7) is 7.19. The summed E-state index contributed by atoms with van der Waals surface area (Å²) >= 11 is 0. The molecule has 0 radical (unpaired) electrons. The molecule has 1 aromatic carbocycles. The van der Waals surface area contributed by atoms with E-state index in [4.69, 9.17) is 0 Å². The molecule has 0 spiro atoms. The number of sulfone groups is 1. The van der Waals surface area contributed by atoms with Crippen LogP contribution in [0, 0.1) is 6.92 Å². The van der Waals surface area contributed by atoms with Gasteiger partial charge in [0.1, 0.15) is 0 Å². The van der Waals surface area contributed by atoms with Crippen LogP contribution in [0.3, 0.4) is 0 Å². The fourth-order valence-corrected chi connectivity index (χ4v) is 2.77. The molecule has 0 aliphatic rings. The average molecular weight is 226 g/mol.